The van der Waals surface area contributed by atoms with Gasteiger partial charge < -0.3 is 9.47 Å². The van der Waals surface area contributed by atoms with Crippen molar-refractivity contribution in [1.82, 2.24) is 4.98 Å². The summed E-state index contributed by atoms with van der Waals surface area (Å²) in [6.45, 7) is 9.40. The third-order valence-electron chi connectivity index (χ3n) is 5.73. The molecule has 3 aromatic rings. The molecular weight excluding hydrogens is 503 g/mol. The maximum Gasteiger partial charge on any atom is 0.416 e. The predicted octanol–water partition coefficient (Wildman–Crippen LogP) is 7.41. The van der Waals surface area contributed by atoms with Crippen LogP contribution in [0.25, 0.3) is 10.6 Å². The number of ketones is 1. The molecule has 1 atom stereocenters. The largest absolute Gasteiger partial charge is 0.479 e. The summed E-state index contributed by atoms with van der Waals surface area (Å²) in [5.41, 5.74) is 2.02. The Morgan fingerprint density at radius 2 is 1.73 bits per heavy atom. The SMILES string of the molecule is CCOC(=O)C(C)Oc1ccc(C(=O)CCc2sc(-c3ccc(C(F)(F)F)cc3)nc2C(C)C)cc1C. The number of thiazole rings is 1. The Labute approximate surface area is 218 Å². The number of carbonyl (C=O) groups excluding carboxylic acids is 2. The van der Waals surface area contributed by atoms with Crippen LogP contribution in [0.3, 0.4) is 0 Å². The van der Waals surface area contributed by atoms with E-state index in [9.17, 15) is 22.8 Å². The van der Waals surface area contributed by atoms with Crippen molar-refractivity contribution in [3.8, 4) is 16.3 Å². The highest BCUT2D eigenvalue weighted by Crippen LogP contribution is 2.35. The normalized spacial score (nSPS) is 12.5. The van der Waals surface area contributed by atoms with Gasteiger partial charge in [0.15, 0.2) is 11.9 Å². The van der Waals surface area contributed by atoms with Gasteiger partial charge in [-0.25, -0.2) is 9.78 Å². The number of esters is 1. The van der Waals surface area contributed by atoms with Crippen molar-refractivity contribution in [3.05, 3.63) is 69.7 Å². The van der Waals surface area contributed by atoms with Crippen LogP contribution >= 0.6 is 11.3 Å². The minimum Gasteiger partial charge on any atom is -0.479 e. The number of ether oxygens (including phenoxy) is 2. The third kappa shape index (κ3) is 7.19. The molecule has 0 amide bonds. The molecule has 0 bridgehead atoms. The zero-order chi connectivity index (χ0) is 27.3. The van der Waals surface area contributed by atoms with Gasteiger partial charge in [-0.2, -0.15) is 13.2 Å². The summed E-state index contributed by atoms with van der Waals surface area (Å²) in [5, 5.41) is 0.632. The number of aromatic nitrogens is 1. The average Bonchev–Trinajstić information content (AvgIpc) is 3.28. The van der Waals surface area contributed by atoms with Gasteiger partial charge in [-0.3, -0.25) is 4.79 Å². The molecule has 5 nitrogen and oxygen atoms in total. The second kappa shape index (κ2) is 11.9. The molecule has 0 spiro atoms. The quantitative estimate of drug-likeness (QED) is 0.201. The van der Waals surface area contributed by atoms with E-state index in [4.69, 9.17) is 9.47 Å². The zero-order valence-corrected chi connectivity index (χ0v) is 22.3. The van der Waals surface area contributed by atoms with Crippen molar-refractivity contribution < 1.29 is 32.2 Å². The lowest BCUT2D eigenvalue weighted by atomic mass is 10.0. The first-order chi connectivity index (χ1) is 17.4. The van der Waals surface area contributed by atoms with E-state index in [2.05, 4.69) is 4.98 Å². The lowest BCUT2D eigenvalue weighted by Gasteiger charge is -2.15. The van der Waals surface area contributed by atoms with Gasteiger partial charge in [-0.15, -0.1) is 11.3 Å². The van der Waals surface area contributed by atoms with E-state index in [0.29, 0.717) is 28.3 Å². The van der Waals surface area contributed by atoms with Crippen molar-refractivity contribution >= 4 is 23.1 Å². The number of hydrogen-bond donors (Lipinski definition) is 0. The molecule has 0 aliphatic rings. The van der Waals surface area contributed by atoms with Crippen LogP contribution < -0.4 is 4.74 Å². The summed E-state index contributed by atoms with van der Waals surface area (Å²) < 4.78 is 49.4. The monoisotopic (exact) mass is 533 g/mol. The molecule has 3 rings (SSSR count). The summed E-state index contributed by atoms with van der Waals surface area (Å²) in [4.78, 5) is 30.4. The lowest BCUT2D eigenvalue weighted by molar-refractivity contribution is -0.150. The van der Waals surface area contributed by atoms with Gasteiger partial charge in [0.05, 0.1) is 17.9 Å². The molecule has 0 N–H and O–H groups in total. The van der Waals surface area contributed by atoms with Crippen LogP contribution in [0.15, 0.2) is 42.5 Å². The Morgan fingerprint density at radius 3 is 2.30 bits per heavy atom. The fraction of sp³-hybridized carbons (Fsp3) is 0.393. The number of Topliss-reactive ketones (excluding diaryl/α,β-unsaturated/α-hetero) is 1. The number of benzene rings is 2. The van der Waals surface area contributed by atoms with Crippen LogP contribution in [-0.4, -0.2) is 29.4 Å². The minimum absolute atomic E-state index is 0.0488. The van der Waals surface area contributed by atoms with E-state index >= 15 is 0 Å². The summed E-state index contributed by atoms with van der Waals surface area (Å²) in [6.07, 6.45) is -4.42. The number of alkyl halides is 3. The molecular formula is C28H30F3NO4S. The molecule has 37 heavy (non-hydrogen) atoms. The molecule has 0 fully saturated rings. The molecule has 0 saturated carbocycles. The molecule has 9 heteroatoms. The number of hydrogen-bond acceptors (Lipinski definition) is 6. The molecule has 1 aromatic heterocycles. The molecule has 198 valence electrons. The fourth-order valence-corrected chi connectivity index (χ4v) is 4.97. The van der Waals surface area contributed by atoms with Gasteiger partial charge in [0.1, 0.15) is 10.8 Å². The Kier molecular flexibility index (Phi) is 9.12. The minimum atomic E-state index is -4.39. The second-order valence-corrected chi connectivity index (χ2v) is 10.1. The van der Waals surface area contributed by atoms with E-state index in [-0.39, 0.29) is 24.7 Å². The van der Waals surface area contributed by atoms with Crippen molar-refractivity contribution in [2.24, 2.45) is 0 Å². The van der Waals surface area contributed by atoms with Crippen molar-refractivity contribution in [2.45, 2.75) is 65.7 Å². The lowest BCUT2D eigenvalue weighted by Crippen LogP contribution is -2.26. The standard InChI is InChI=1S/C28H30F3NO4S/c1-6-35-27(34)18(5)36-23-13-9-20(15-17(23)4)22(33)12-14-24-25(16(2)3)32-26(37-24)19-7-10-21(11-8-19)28(29,30)31/h7-11,13,15-16,18H,6,12,14H2,1-5H3. The van der Waals surface area contributed by atoms with Gasteiger partial charge in [0.25, 0.3) is 0 Å². The van der Waals surface area contributed by atoms with Gasteiger partial charge in [-0.1, -0.05) is 26.0 Å². The van der Waals surface area contributed by atoms with E-state index in [0.717, 1.165) is 28.3 Å². The van der Waals surface area contributed by atoms with Crippen LogP contribution in [0.5, 0.6) is 5.75 Å². The smallest absolute Gasteiger partial charge is 0.416 e. The van der Waals surface area contributed by atoms with Crippen LogP contribution in [0.1, 0.15) is 72.1 Å². The topological polar surface area (TPSA) is 65.5 Å². The summed E-state index contributed by atoms with van der Waals surface area (Å²) in [7, 11) is 0. The van der Waals surface area contributed by atoms with Gasteiger partial charge >= 0.3 is 12.1 Å². The number of carbonyl (C=O) groups is 2. The summed E-state index contributed by atoms with van der Waals surface area (Å²) >= 11 is 1.40. The molecule has 1 unspecified atom stereocenters. The van der Waals surface area contributed by atoms with Crippen LogP contribution in [0.4, 0.5) is 13.2 Å². The maximum atomic E-state index is 12.9. The van der Waals surface area contributed by atoms with Crippen molar-refractivity contribution in [3.63, 3.8) is 0 Å². The Bertz CT molecular complexity index is 1250. The molecule has 1 heterocycles. The number of aryl methyl sites for hydroxylation is 2. The number of rotatable bonds is 10. The fourth-order valence-electron chi connectivity index (χ4n) is 3.74. The van der Waals surface area contributed by atoms with Gasteiger partial charge in [-0.05, 0) is 69.0 Å². The summed E-state index contributed by atoms with van der Waals surface area (Å²) in [5.74, 6) is 0.1000. The maximum absolute atomic E-state index is 12.9. The first-order valence-electron chi connectivity index (χ1n) is 12.0. The zero-order valence-electron chi connectivity index (χ0n) is 21.4. The Balaban J connectivity index is 1.71. The number of nitrogens with zero attached hydrogens (tertiary/aromatic N) is 1. The molecule has 0 saturated heterocycles. The van der Waals surface area contributed by atoms with Crippen molar-refractivity contribution in [1.29, 1.82) is 0 Å². The van der Waals surface area contributed by atoms with Crippen LogP contribution in [0.2, 0.25) is 0 Å². The average molecular weight is 534 g/mol. The van der Waals surface area contributed by atoms with Gasteiger partial charge in [0, 0.05) is 22.4 Å². The van der Waals surface area contributed by atoms with E-state index in [1.807, 2.05) is 13.8 Å². The molecule has 2 aromatic carbocycles. The Morgan fingerprint density at radius 1 is 1.05 bits per heavy atom. The highest BCUT2D eigenvalue weighted by molar-refractivity contribution is 7.15. The number of halogens is 3. The van der Waals surface area contributed by atoms with E-state index in [1.165, 1.54) is 23.5 Å². The molecule has 0 aliphatic carbocycles. The van der Waals surface area contributed by atoms with Crippen molar-refractivity contribution in [2.75, 3.05) is 6.61 Å². The highest BCUT2D eigenvalue weighted by atomic mass is 32.1. The highest BCUT2D eigenvalue weighted by Gasteiger charge is 2.30. The summed E-state index contributed by atoms with van der Waals surface area (Å²) in [6, 6.07) is 10.0. The first-order valence-corrected chi connectivity index (χ1v) is 12.9. The predicted molar refractivity (Wildman–Crippen MR) is 137 cm³/mol. The Hall–Kier alpha value is -3.20. The first kappa shape index (κ1) is 28.4. The third-order valence-corrected chi connectivity index (χ3v) is 6.91. The van der Waals surface area contributed by atoms with Gasteiger partial charge in [0.2, 0.25) is 0 Å². The molecule has 0 aliphatic heterocycles. The van der Waals surface area contributed by atoms with Crippen LogP contribution in [-0.2, 0) is 22.1 Å². The molecule has 0 radical (unpaired) electrons. The van der Waals surface area contributed by atoms with E-state index in [1.54, 1.807) is 39.0 Å². The van der Waals surface area contributed by atoms with E-state index < -0.39 is 23.8 Å². The van der Waals surface area contributed by atoms with Crippen LogP contribution in [0, 0.1) is 6.92 Å². The second-order valence-electron chi connectivity index (χ2n) is 8.97.